The van der Waals surface area contributed by atoms with Crippen LogP contribution in [0.2, 0.25) is 0 Å². The molecule has 0 aromatic carbocycles. The third kappa shape index (κ3) is 1.35. The van der Waals surface area contributed by atoms with Gasteiger partial charge >= 0.3 is 7.12 Å². The van der Waals surface area contributed by atoms with Crippen molar-refractivity contribution in [1.29, 1.82) is 0 Å². The second-order valence-electron chi connectivity index (χ2n) is 3.53. The minimum atomic E-state index is -0.415. The predicted octanol–water partition coefficient (Wildman–Crippen LogP) is 0.444. The van der Waals surface area contributed by atoms with Crippen LogP contribution in [0.5, 0.6) is 0 Å². The number of nitrogens with one attached hydrogen (secondary N) is 1. The van der Waals surface area contributed by atoms with Crippen LogP contribution in [0.15, 0.2) is 24.7 Å². The molecule has 1 aromatic rings. The summed E-state index contributed by atoms with van der Waals surface area (Å²) in [5, 5.41) is 6.53. The Morgan fingerprint density at radius 2 is 2.38 bits per heavy atom. The van der Waals surface area contributed by atoms with Crippen LogP contribution in [0, 0.1) is 0 Å². The maximum atomic E-state index is 5.62. The van der Waals surface area contributed by atoms with Gasteiger partial charge in [0.15, 0.2) is 0 Å². The minimum absolute atomic E-state index is 0.374. The van der Waals surface area contributed by atoms with E-state index >= 15 is 0 Å². The molecule has 13 heavy (non-hydrogen) atoms. The van der Waals surface area contributed by atoms with Gasteiger partial charge in [0.05, 0.1) is 5.76 Å². The molecule has 0 amide bonds. The van der Waals surface area contributed by atoms with Crippen LogP contribution < -0.4 is 5.46 Å². The van der Waals surface area contributed by atoms with E-state index in [4.69, 9.17) is 9.31 Å². The maximum Gasteiger partial charge on any atom is 0.566 e. The summed E-state index contributed by atoms with van der Waals surface area (Å²) in [6.07, 6.45) is 3.43. The number of H-pyrrole nitrogens is 1. The van der Waals surface area contributed by atoms with E-state index in [1.807, 2.05) is 13.8 Å². The van der Waals surface area contributed by atoms with Crippen molar-refractivity contribution >= 4 is 12.6 Å². The fourth-order valence-corrected chi connectivity index (χ4v) is 1.15. The van der Waals surface area contributed by atoms with Gasteiger partial charge in [0.25, 0.3) is 0 Å². The van der Waals surface area contributed by atoms with Crippen molar-refractivity contribution in [2.75, 3.05) is 0 Å². The van der Waals surface area contributed by atoms with Crippen molar-refractivity contribution in [2.24, 2.45) is 0 Å². The van der Waals surface area contributed by atoms with Crippen LogP contribution in [-0.4, -0.2) is 22.9 Å². The molecule has 0 saturated carbocycles. The molecule has 1 fully saturated rings. The standard InChI is InChI=1S/C8H11BN2O2/c1-6-8(2,3)13-9(12-6)7-4-10-11-5-7/h4-5H,1H2,2-3H3,(H,10,11). The first-order chi connectivity index (χ1) is 6.09. The molecule has 1 N–H and O–H groups in total. The lowest BCUT2D eigenvalue weighted by atomic mass is 9.82. The molecule has 4 nitrogen and oxygen atoms in total. The second kappa shape index (κ2) is 2.63. The van der Waals surface area contributed by atoms with Gasteiger partial charge in [-0.1, -0.05) is 6.58 Å². The molecule has 0 atom stereocenters. The summed E-state index contributed by atoms with van der Waals surface area (Å²) in [4.78, 5) is 0. The SMILES string of the molecule is C=C1OB(c2cn[nH]c2)OC1(C)C. The van der Waals surface area contributed by atoms with Gasteiger partial charge in [-0.15, -0.1) is 0 Å². The van der Waals surface area contributed by atoms with Gasteiger partial charge in [-0.05, 0) is 13.8 Å². The fourth-order valence-electron chi connectivity index (χ4n) is 1.15. The first-order valence-corrected chi connectivity index (χ1v) is 4.12. The first kappa shape index (κ1) is 8.38. The number of aromatic amines is 1. The molecule has 0 unspecified atom stereocenters. The molecule has 1 aromatic heterocycles. The monoisotopic (exact) mass is 178 g/mol. The lowest BCUT2D eigenvalue weighted by Gasteiger charge is -2.15. The van der Waals surface area contributed by atoms with Crippen molar-refractivity contribution in [2.45, 2.75) is 19.4 Å². The second-order valence-corrected chi connectivity index (χ2v) is 3.53. The average Bonchev–Trinajstić information content (AvgIpc) is 2.60. The Morgan fingerprint density at radius 3 is 2.85 bits per heavy atom. The molecule has 5 heteroatoms. The van der Waals surface area contributed by atoms with E-state index in [1.54, 1.807) is 12.4 Å². The molecule has 1 aliphatic heterocycles. The van der Waals surface area contributed by atoms with Crippen molar-refractivity contribution in [3.8, 4) is 0 Å². The summed E-state index contributed by atoms with van der Waals surface area (Å²) in [5.41, 5.74) is 0.466. The lowest BCUT2D eigenvalue weighted by molar-refractivity contribution is 0.173. The van der Waals surface area contributed by atoms with E-state index in [0.29, 0.717) is 5.76 Å². The smallest absolute Gasteiger partial charge is 0.534 e. The van der Waals surface area contributed by atoms with Gasteiger partial charge in [-0.2, -0.15) is 5.10 Å². The number of hydrogen-bond donors (Lipinski definition) is 1. The highest BCUT2D eigenvalue weighted by molar-refractivity contribution is 6.62. The number of rotatable bonds is 1. The zero-order valence-electron chi connectivity index (χ0n) is 7.70. The van der Waals surface area contributed by atoms with E-state index in [0.717, 1.165) is 5.46 Å². The Balaban J connectivity index is 2.19. The van der Waals surface area contributed by atoms with Crippen LogP contribution in [0.4, 0.5) is 0 Å². The Kier molecular flexibility index (Phi) is 1.70. The van der Waals surface area contributed by atoms with Gasteiger partial charge in [0.2, 0.25) is 0 Å². The Labute approximate surface area is 77.1 Å². The number of hydrogen-bond acceptors (Lipinski definition) is 3. The minimum Gasteiger partial charge on any atom is -0.534 e. The third-order valence-corrected chi connectivity index (χ3v) is 2.11. The van der Waals surface area contributed by atoms with Crippen LogP contribution in [0.1, 0.15) is 13.8 Å². The van der Waals surface area contributed by atoms with Gasteiger partial charge in [0, 0.05) is 17.9 Å². The van der Waals surface area contributed by atoms with Gasteiger partial charge in [-0.25, -0.2) is 0 Å². The molecular weight excluding hydrogens is 167 g/mol. The van der Waals surface area contributed by atoms with E-state index in [1.165, 1.54) is 0 Å². The summed E-state index contributed by atoms with van der Waals surface area (Å²) in [5.74, 6) is 0.652. The summed E-state index contributed by atoms with van der Waals surface area (Å²) >= 11 is 0. The quantitative estimate of drug-likeness (QED) is 0.634. The molecule has 2 rings (SSSR count). The zero-order chi connectivity index (χ0) is 9.47. The Hall–Kier alpha value is -1.23. The lowest BCUT2D eigenvalue weighted by Crippen LogP contribution is -2.33. The summed E-state index contributed by atoms with van der Waals surface area (Å²) in [7, 11) is -0.374. The highest BCUT2D eigenvalue weighted by Gasteiger charge is 2.43. The zero-order valence-corrected chi connectivity index (χ0v) is 7.70. The maximum absolute atomic E-state index is 5.62. The van der Waals surface area contributed by atoms with E-state index in [2.05, 4.69) is 16.8 Å². The van der Waals surface area contributed by atoms with Crippen LogP contribution in [0.3, 0.4) is 0 Å². The van der Waals surface area contributed by atoms with Crippen LogP contribution >= 0.6 is 0 Å². The van der Waals surface area contributed by atoms with Gasteiger partial charge < -0.3 is 9.31 Å². The fraction of sp³-hybridized carbons (Fsp3) is 0.375. The van der Waals surface area contributed by atoms with Crippen molar-refractivity contribution in [1.82, 2.24) is 10.2 Å². The predicted molar refractivity (Wildman–Crippen MR) is 49.4 cm³/mol. The first-order valence-electron chi connectivity index (χ1n) is 4.12. The van der Waals surface area contributed by atoms with Crippen molar-refractivity contribution in [3.63, 3.8) is 0 Å². The summed E-state index contributed by atoms with van der Waals surface area (Å²) in [6, 6.07) is 0. The van der Waals surface area contributed by atoms with E-state index in [-0.39, 0.29) is 7.12 Å². The third-order valence-electron chi connectivity index (χ3n) is 2.11. The molecule has 0 bridgehead atoms. The number of aromatic nitrogens is 2. The molecular formula is C8H11BN2O2. The van der Waals surface area contributed by atoms with Crippen LogP contribution in [-0.2, 0) is 9.31 Å². The summed E-state index contributed by atoms with van der Waals surface area (Å²) < 4.78 is 11.1. The topological polar surface area (TPSA) is 47.1 Å². The van der Waals surface area contributed by atoms with Crippen molar-refractivity contribution in [3.05, 3.63) is 24.7 Å². The summed E-state index contributed by atoms with van der Waals surface area (Å²) in [6.45, 7) is 7.64. The van der Waals surface area contributed by atoms with Crippen LogP contribution in [0.25, 0.3) is 0 Å². The molecule has 0 radical (unpaired) electrons. The molecule has 0 aliphatic carbocycles. The van der Waals surface area contributed by atoms with E-state index < -0.39 is 5.60 Å². The molecule has 0 spiro atoms. The Bertz CT molecular complexity index is 321. The van der Waals surface area contributed by atoms with Gasteiger partial charge in [0.1, 0.15) is 5.60 Å². The highest BCUT2D eigenvalue weighted by atomic mass is 16.7. The molecule has 1 saturated heterocycles. The Morgan fingerprint density at radius 1 is 1.62 bits per heavy atom. The van der Waals surface area contributed by atoms with Crippen molar-refractivity contribution < 1.29 is 9.31 Å². The van der Waals surface area contributed by atoms with E-state index in [9.17, 15) is 0 Å². The normalized spacial score (nSPS) is 20.5. The average molecular weight is 178 g/mol. The molecule has 2 heterocycles. The van der Waals surface area contributed by atoms with Gasteiger partial charge in [-0.3, -0.25) is 5.10 Å². The largest absolute Gasteiger partial charge is 0.566 e. The molecule has 1 aliphatic rings. The number of nitrogens with zero attached hydrogens (tertiary/aromatic N) is 1. The molecule has 68 valence electrons. The highest BCUT2D eigenvalue weighted by Crippen LogP contribution is 2.28.